The molecule has 0 unspecified atom stereocenters. The number of hydrogen-bond acceptors (Lipinski definition) is 4. The lowest BCUT2D eigenvalue weighted by Gasteiger charge is -2.24. The summed E-state index contributed by atoms with van der Waals surface area (Å²) in [6.45, 7) is 0. The highest BCUT2D eigenvalue weighted by Gasteiger charge is 2.23. The van der Waals surface area contributed by atoms with Crippen LogP contribution < -0.4 is 10.1 Å². The number of methoxy groups -OCH3 is 1. The van der Waals surface area contributed by atoms with Crippen LogP contribution in [0, 0.1) is 0 Å². The predicted octanol–water partition coefficient (Wildman–Crippen LogP) is 3.34. The summed E-state index contributed by atoms with van der Waals surface area (Å²) in [5.41, 5.74) is 3.29. The first-order valence-corrected chi connectivity index (χ1v) is 7.43. The van der Waals surface area contributed by atoms with Crippen LogP contribution in [0.25, 0.3) is 5.70 Å². The summed E-state index contributed by atoms with van der Waals surface area (Å²) in [6, 6.07) is 18.3. The van der Waals surface area contributed by atoms with E-state index >= 15 is 0 Å². The second-order valence-corrected chi connectivity index (χ2v) is 5.32. The van der Waals surface area contributed by atoms with Crippen molar-refractivity contribution < 1.29 is 4.74 Å². The van der Waals surface area contributed by atoms with Gasteiger partial charge in [0, 0.05) is 5.70 Å². The molecular weight excluding hydrogens is 288 g/mol. The van der Waals surface area contributed by atoms with Crippen LogP contribution in [0.5, 0.6) is 5.75 Å². The van der Waals surface area contributed by atoms with Gasteiger partial charge in [-0.05, 0) is 29.3 Å². The molecule has 1 aliphatic heterocycles. The van der Waals surface area contributed by atoms with E-state index < -0.39 is 0 Å². The molecule has 2 heterocycles. The van der Waals surface area contributed by atoms with Crippen molar-refractivity contribution in [2.24, 2.45) is 0 Å². The molecule has 0 aliphatic carbocycles. The molecule has 23 heavy (non-hydrogen) atoms. The number of anilines is 1. The summed E-state index contributed by atoms with van der Waals surface area (Å²) in [5, 5.41) is 7.69. The summed E-state index contributed by atoms with van der Waals surface area (Å²) < 4.78 is 7.12. The monoisotopic (exact) mass is 304 g/mol. The summed E-state index contributed by atoms with van der Waals surface area (Å²) >= 11 is 0. The number of nitrogens with one attached hydrogen (secondary N) is 1. The standard InChI is InChI=1S/C18H16N4O/c1-23-15-9-7-14(8-10-15)17-11-16(13-5-3-2-4-6-13)21-18-19-12-20-22(17)18/h2-12,17H,1H3,(H,19,20,21)/t17-/m1/s1. The number of fused-ring (bicyclic) bond motifs is 1. The molecule has 114 valence electrons. The summed E-state index contributed by atoms with van der Waals surface area (Å²) in [6.07, 6.45) is 3.74. The first-order valence-electron chi connectivity index (χ1n) is 7.43. The van der Waals surface area contributed by atoms with E-state index in [4.69, 9.17) is 4.74 Å². The van der Waals surface area contributed by atoms with Crippen LogP contribution in [-0.2, 0) is 0 Å². The van der Waals surface area contributed by atoms with E-state index in [-0.39, 0.29) is 6.04 Å². The zero-order valence-electron chi connectivity index (χ0n) is 12.7. The minimum Gasteiger partial charge on any atom is -0.497 e. The number of benzene rings is 2. The average molecular weight is 304 g/mol. The molecule has 3 aromatic rings. The Labute approximate surface area is 134 Å². The van der Waals surface area contributed by atoms with Gasteiger partial charge in [0.25, 0.3) is 0 Å². The van der Waals surface area contributed by atoms with Crippen molar-refractivity contribution in [1.82, 2.24) is 14.8 Å². The summed E-state index contributed by atoms with van der Waals surface area (Å²) in [7, 11) is 1.67. The zero-order valence-corrected chi connectivity index (χ0v) is 12.7. The van der Waals surface area contributed by atoms with Gasteiger partial charge in [0.1, 0.15) is 18.1 Å². The van der Waals surface area contributed by atoms with Gasteiger partial charge in [-0.3, -0.25) is 0 Å². The molecule has 0 saturated heterocycles. The second kappa shape index (κ2) is 5.61. The molecule has 5 nitrogen and oxygen atoms in total. The van der Waals surface area contributed by atoms with Gasteiger partial charge in [0.15, 0.2) is 0 Å². The number of nitrogens with zero attached hydrogens (tertiary/aromatic N) is 3. The van der Waals surface area contributed by atoms with Crippen LogP contribution in [0.3, 0.4) is 0 Å². The van der Waals surface area contributed by atoms with E-state index in [1.165, 1.54) is 0 Å². The molecule has 5 heteroatoms. The Morgan fingerprint density at radius 1 is 1.04 bits per heavy atom. The summed E-state index contributed by atoms with van der Waals surface area (Å²) in [5.74, 6) is 1.58. The van der Waals surface area contributed by atoms with Crippen LogP contribution >= 0.6 is 0 Å². The number of rotatable bonds is 3. The van der Waals surface area contributed by atoms with E-state index in [1.54, 1.807) is 13.4 Å². The largest absolute Gasteiger partial charge is 0.497 e. The van der Waals surface area contributed by atoms with Crippen LogP contribution in [0.4, 0.5) is 5.95 Å². The fourth-order valence-electron chi connectivity index (χ4n) is 2.76. The van der Waals surface area contributed by atoms with Crippen molar-refractivity contribution in [3.8, 4) is 5.75 Å². The van der Waals surface area contributed by atoms with Gasteiger partial charge in [-0.2, -0.15) is 10.1 Å². The van der Waals surface area contributed by atoms with E-state index in [0.29, 0.717) is 0 Å². The Kier molecular flexibility index (Phi) is 3.31. The van der Waals surface area contributed by atoms with E-state index in [9.17, 15) is 0 Å². The highest BCUT2D eigenvalue weighted by molar-refractivity contribution is 5.77. The third kappa shape index (κ3) is 2.46. The molecule has 4 rings (SSSR count). The van der Waals surface area contributed by atoms with E-state index in [1.807, 2.05) is 35.0 Å². The van der Waals surface area contributed by atoms with Crippen LogP contribution in [0.2, 0.25) is 0 Å². The maximum atomic E-state index is 5.24. The Morgan fingerprint density at radius 3 is 2.57 bits per heavy atom. The van der Waals surface area contributed by atoms with Crippen LogP contribution in [0.15, 0.2) is 67.0 Å². The maximum Gasteiger partial charge on any atom is 0.226 e. The molecule has 0 amide bonds. The van der Waals surface area contributed by atoms with Gasteiger partial charge < -0.3 is 10.1 Å². The van der Waals surface area contributed by atoms with E-state index in [0.717, 1.165) is 28.5 Å². The molecule has 0 radical (unpaired) electrons. The average Bonchev–Trinajstić information content (AvgIpc) is 3.10. The van der Waals surface area contributed by atoms with Gasteiger partial charge in [-0.1, -0.05) is 42.5 Å². The van der Waals surface area contributed by atoms with Crippen molar-refractivity contribution in [3.05, 3.63) is 78.1 Å². The Hall–Kier alpha value is -3.08. The third-order valence-corrected chi connectivity index (χ3v) is 3.95. The lowest BCUT2D eigenvalue weighted by atomic mass is 10.0. The Bertz CT molecular complexity index is 837. The third-order valence-electron chi connectivity index (χ3n) is 3.95. The smallest absolute Gasteiger partial charge is 0.226 e. The first kappa shape index (κ1) is 13.6. The molecule has 0 bridgehead atoms. The van der Waals surface area contributed by atoms with E-state index in [2.05, 4.69) is 45.7 Å². The molecular formula is C18H16N4O. The quantitative estimate of drug-likeness (QED) is 0.806. The van der Waals surface area contributed by atoms with Gasteiger partial charge in [-0.25, -0.2) is 4.68 Å². The van der Waals surface area contributed by atoms with Gasteiger partial charge in [-0.15, -0.1) is 0 Å². The highest BCUT2D eigenvalue weighted by atomic mass is 16.5. The summed E-state index contributed by atoms with van der Waals surface area (Å²) in [4.78, 5) is 4.32. The number of hydrogen-bond donors (Lipinski definition) is 1. The minimum atomic E-state index is -0.00476. The lowest BCUT2D eigenvalue weighted by molar-refractivity contribution is 0.414. The maximum absolute atomic E-state index is 5.24. The number of allylic oxidation sites excluding steroid dienone is 1. The van der Waals surface area contributed by atoms with Crippen molar-refractivity contribution in [2.45, 2.75) is 6.04 Å². The van der Waals surface area contributed by atoms with Crippen molar-refractivity contribution in [3.63, 3.8) is 0 Å². The number of aromatic nitrogens is 3. The molecule has 0 saturated carbocycles. The van der Waals surface area contributed by atoms with Crippen molar-refractivity contribution in [1.29, 1.82) is 0 Å². The van der Waals surface area contributed by atoms with Crippen molar-refractivity contribution in [2.75, 3.05) is 12.4 Å². The van der Waals surface area contributed by atoms with Gasteiger partial charge in [0.2, 0.25) is 5.95 Å². The fourth-order valence-corrected chi connectivity index (χ4v) is 2.76. The zero-order chi connectivity index (χ0) is 15.6. The van der Waals surface area contributed by atoms with Crippen LogP contribution in [-0.4, -0.2) is 21.9 Å². The Balaban J connectivity index is 1.78. The Morgan fingerprint density at radius 2 is 1.83 bits per heavy atom. The fraction of sp³-hybridized carbons (Fsp3) is 0.111. The molecule has 1 aliphatic rings. The minimum absolute atomic E-state index is 0.00476. The molecule has 0 fully saturated rings. The molecule has 1 atom stereocenters. The predicted molar refractivity (Wildman–Crippen MR) is 89.2 cm³/mol. The highest BCUT2D eigenvalue weighted by Crippen LogP contribution is 2.32. The van der Waals surface area contributed by atoms with Crippen LogP contribution in [0.1, 0.15) is 17.2 Å². The SMILES string of the molecule is COc1ccc([C@H]2C=C(c3ccccc3)Nc3ncnn32)cc1. The topological polar surface area (TPSA) is 52.0 Å². The second-order valence-electron chi connectivity index (χ2n) is 5.32. The molecule has 1 N–H and O–H groups in total. The van der Waals surface area contributed by atoms with Gasteiger partial charge in [0.05, 0.1) is 7.11 Å². The normalized spacial score (nSPS) is 16.2. The lowest BCUT2D eigenvalue weighted by Crippen LogP contribution is -2.20. The first-order chi connectivity index (χ1) is 11.3. The van der Waals surface area contributed by atoms with Crippen molar-refractivity contribution >= 4 is 11.6 Å². The molecule has 1 aromatic heterocycles. The number of ether oxygens (including phenoxy) is 1. The molecule has 0 spiro atoms. The molecule has 2 aromatic carbocycles. The van der Waals surface area contributed by atoms with Gasteiger partial charge >= 0.3 is 0 Å².